The molecule has 1 aliphatic rings. The number of amides is 1. The molecule has 2 aromatic heterocycles. The van der Waals surface area contributed by atoms with Crippen LogP contribution in [-0.2, 0) is 4.74 Å². The summed E-state index contributed by atoms with van der Waals surface area (Å²) in [6.45, 7) is 16.8. The molecule has 0 radical (unpaired) electrons. The Hall–Kier alpha value is -1.99. The van der Waals surface area contributed by atoms with Crippen LogP contribution in [0.2, 0.25) is 0 Å². The smallest absolute Gasteiger partial charge is 0.252 e. The lowest BCUT2D eigenvalue weighted by Crippen LogP contribution is -2.49. The number of aromatic nitrogens is 3. The molecule has 2 aromatic rings. The second-order valence-corrected chi connectivity index (χ2v) is 9.31. The van der Waals surface area contributed by atoms with Crippen LogP contribution in [0, 0.1) is 5.92 Å². The van der Waals surface area contributed by atoms with Crippen molar-refractivity contribution in [1.82, 2.24) is 25.0 Å². The maximum atomic E-state index is 13.3. The van der Waals surface area contributed by atoms with E-state index >= 15 is 0 Å². The second-order valence-electron chi connectivity index (χ2n) is 9.31. The summed E-state index contributed by atoms with van der Waals surface area (Å²) in [5.41, 5.74) is 2.37. The SMILES string of the molecule is CC(C)CC(CNC(=O)c1cc(C(C)C)nc2c1cnn2C(C)C)N1CCOCC1. The van der Waals surface area contributed by atoms with Crippen molar-refractivity contribution < 1.29 is 9.53 Å². The third-order valence-electron chi connectivity index (χ3n) is 5.72. The Morgan fingerprint density at radius 1 is 1.17 bits per heavy atom. The molecule has 1 saturated heterocycles. The van der Waals surface area contributed by atoms with Gasteiger partial charge in [-0.15, -0.1) is 0 Å². The molecular weight excluding hydrogens is 378 g/mol. The molecule has 7 heteroatoms. The first kappa shape index (κ1) is 22.7. The van der Waals surface area contributed by atoms with Gasteiger partial charge >= 0.3 is 0 Å². The van der Waals surface area contributed by atoms with Crippen LogP contribution >= 0.6 is 0 Å². The van der Waals surface area contributed by atoms with Crippen LogP contribution in [0.3, 0.4) is 0 Å². The molecule has 0 aliphatic carbocycles. The first-order chi connectivity index (χ1) is 14.3. The van der Waals surface area contributed by atoms with Crippen molar-refractivity contribution in [2.75, 3.05) is 32.8 Å². The lowest BCUT2D eigenvalue weighted by atomic mass is 10.0. The normalized spacial score (nSPS) is 16.7. The molecule has 1 N–H and O–H groups in total. The zero-order valence-electron chi connectivity index (χ0n) is 19.3. The molecule has 7 nitrogen and oxygen atoms in total. The maximum absolute atomic E-state index is 13.3. The van der Waals surface area contributed by atoms with E-state index in [0.29, 0.717) is 24.1 Å². The van der Waals surface area contributed by atoms with Gasteiger partial charge in [-0.05, 0) is 38.2 Å². The Kier molecular flexibility index (Phi) is 7.47. The highest BCUT2D eigenvalue weighted by Gasteiger charge is 2.24. The number of hydrogen-bond donors (Lipinski definition) is 1. The standard InChI is InChI=1S/C23H37N5O2/c1-15(2)11-18(27-7-9-30-10-8-27)13-24-23(29)19-12-21(16(3)4)26-22-20(19)14-25-28(22)17(5)6/h12,14-18H,7-11,13H2,1-6H3,(H,24,29). The van der Waals surface area contributed by atoms with Gasteiger partial charge in [-0.25, -0.2) is 9.67 Å². The summed E-state index contributed by atoms with van der Waals surface area (Å²) in [5.74, 6) is 0.757. The van der Waals surface area contributed by atoms with Crippen LogP contribution in [0.4, 0.5) is 0 Å². The molecule has 0 aromatic carbocycles. The maximum Gasteiger partial charge on any atom is 0.252 e. The number of nitrogens with one attached hydrogen (secondary N) is 1. The molecule has 3 rings (SSSR count). The molecule has 0 saturated carbocycles. The number of pyridine rings is 1. The van der Waals surface area contributed by atoms with E-state index in [0.717, 1.165) is 49.5 Å². The Labute approximate surface area is 180 Å². The summed E-state index contributed by atoms with van der Waals surface area (Å²) < 4.78 is 7.41. The largest absolute Gasteiger partial charge is 0.379 e. The molecule has 3 heterocycles. The summed E-state index contributed by atoms with van der Waals surface area (Å²) in [6.07, 6.45) is 2.82. The van der Waals surface area contributed by atoms with Crippen LogP contribution in [-0.4, -0.2) is 64.5 Å². The van der Waals surface area contributed by atoms with Gasteiger partial charge in [0.05, 0.1) is 30.4 Å². The summed E-state index contributed by atoms with van der Waals surface area (Å²) in [6, 6.07) is 2.43. The van der Waals surface area contributed by atoms with Gasteiger partial charge in [0.2, 0.25) is 0 Å². The quantitative estimate of drug-likeness (QED) is 0.713. The van der Waals surface area contributed by atoms with Crippen molar-refractivity contribution in [3.8, 4) is 0 Å². The molecule has 1 atom stereocenters. The average molecular weight is 416 g/mol. The van der Waals surface area contributed by atoms with Gasteiger partial charge < -0.3 is 10.1 Å². The molecule has 1 fully saturated rings. The average Bonchev–Trinajstić information content (AvgIpc) is 3.14. The third kappa shape index (κ3) is 5.19. The minimum absolute atomic E-state index is 0.0466. The van der Waals surface area contributed by atoms with Crippen LogP contribution in [0.25, 0.3) is 11.0 Å². The number of carbonyl (C=O) groups excluding carboxylic acids is 1. The van der Waals surface area contributed by atoms with Crippen molar-refractivity contribution >= 4 is 16.9 Å². The fourth-order valence-electron chi connectivity index (χ4n) is 4.05. The number of carbonyl (C=O) groups is 1. The van der Waals surface area contributed by atoms with Gasteiger partial charge in [-0.1, -0.05) is 27.7 Å². The number of morpholine rings is 1. The number of nitrogens with zero attached hydrogens (tertiary/aromatic N) is 4. The molecular formula is C23H37N5O2. The predicted octanol–water partition coefficient (Wildman–Crippen LogP) is 3.61. The lowest BCUT2D eigenvalue weighted by Gasteiger charge is -2.35. The van der Waals surface area contributed by atoms with Gasteiger partial charge in [0.1, 0.15) is 0 Å². The van der Waals surface area contributed by atoms with Gasteiger partial charge in [-0.2, -0.15) is 5.10 Å². The summed E-state index contributed by atoms with van der Waals surface area (Å²) >= 11 is 0. The molecule has 0 spiro atoms. The zero-order valence-corrected chi connectivity index (χ0v) is 19.3. The highest BCUT2D eigenvalue weighted by molar-refractivity contribution is 6.05. The van der Waals surface area contributed by atoms with Crippen LogP contribution in [0.5, 0.6) is 0 Å². The van der Waals surface area contributed by atoms with Gasteiger partial charge in [0.15, 0.2) is 5.65 Å². The van der Waals surface area contributed by atoms with E-state index in [-0.39, 0.29) is 17.9 Å². The van der Waals surface area contributed by atoms with Gasteiger partial charge in [0.25, 0.3) is 5.91 Å². The highest BCUT2D eigenvalue weighted by Crippen LogP contribution is 2.24. The number of ether oxygens (including phenoxy) is 1. The van der Waals surface area contributed by atoms with Gasteiger partial charge in [0, 0.05) is 37.4 Å². The number of hydrogen-bond acceptors (Lipinski definition) is 5. The highest BCUT2D eigenvalue weighted by atomic mass is 16.5. The van der Waals surface area contributed by atoms with Crippen LogP contribution < -0.4 is 5.32 Å². The van der Waals surface area contributed by atoms with Crippen molar-refractivity contribution in [2.24, 2.45) is 5.92 Å². The van der Waals surface area contributed by atoms with Crippen molar-refractivity contribution in [1.29, 1.82) is 0 Å². The molecule has 1 aliphatic heterocycles. The first-order valence-corrected chi connectivity index (χ1v) is 11.3. The Morgan fingerprint density at radius 2 is 1.87 bits per heavy atom. The fourth-order valence-corrected chi connectivity index (χ4v) is 4.05. The molecule has 1 unspecified atom stereocenters. The first-order valence-electron chi connectivity index (χ1n) is 11.3. The fraction of sp³-hybridized carbons (Fsp3) is 0.696. The predicted molar refractivity (Wildman–Crippen MR) is 120 cm³/mol. The number of rotatable bonds is 8. The van der Waals surface area contributed by atoms with E-state index in [1.165, 1.54) is 0 Å². The van der Waals surface area contributed by atoms with E-state index in [2.05, 4.69) is 56.9 Å². The van der Waals surface area contributed by atoms with E-state index in [1.807, 2.05) is 10.7 Å². The van der Waals surface area contributed by atoms with E-state index in [9.17, 15) is 4.79 Å². The minimum atomic E-state index is -0.0466. The van der Waals surface area contributed by atoms with Crippen LogP contribution in [0.15, 0.2) is 12.3 Å². The van der Waals surface area contributed by atoms with E-state index in [4.69, 9.17) is 9.72 Å². The Bertz CT molecular complexity index is 853. The monoisotopic (exact) mass is 415 g/mol. The zero-order chi connectivity index (χ0) is 21.8. The summed E-state index contributed by atoms with van der Waals surface area (Å²) in [5, 5.41) is 8.53. The number of fused-ring (bicyclic) bond motifs is 1. The third-order valence-corrected chi connectivity index (χ3v) is 5.72. The molecule has 166 valence electrons. The molecule has 0 bridgehead atoms. The topological polar surface area (TPSA) is 72.3 Å². The summed E-state index contributed by atoms with van der Waals surface area (Å²) in [7, 11) is 0. The van der Waals surface area contributed by atoms with Gasteiger partial charge in [-0.3, -0.25) is 9.69 Å². The van der Waals surface area contributed by atoms with E-state index in [1.54, 1.807) is 6.20 Å². The van der Waals surface area contributed by atoms with Crippen molar-refractivity contribution in [2.45, 2.75) is 66.0 Å². The Balaban J connectivity index is 1.84. The van der Waals surface area contributed by atoms with Crippen LogP contribution in [0.1, 0.15) is 76.0 Å². The Morgan fingerprint density at radius 3 is 2.47 bits per heavy atom. The van der Waals surface area contributed by atoms with E-state index < -0.39 is 0 Å². The van der Waals surface area contributed by atoms with Crippen molar-refractivity contribution in [3.63, 3.8) is 0 Å². The molecule has 30 heavy (non-hydrogen) atoms. The van der Waals surface area contributed by atoms with Crippen molar-refractivity contribution in [3.05, 3.63) is 23.5 Å². The molecule has 1 amide bonds. The lowest BCUT2D eigenvalue weighted by molar-refractivity contribution is 0.0124. The summed E-state index contributed by atoms with van der Waals surface area (Å²) in [4.78, 5) is 20.5. The second kappa shape index (κ2) is 9.88. The minimum Gasteiger partial charge on any atom is -0.379 e.